The third-order valence-corrected chi connectivity index (χ3v) is 3.23. The van der Waals surface area contributed by atoms with Crippen molar-refractivity contribution in [3.05, 3.63) is 36.2 Å². The van der Waals surface area contributed by atoms with Gasteiger partial charge in [0.05, 0.1) is 5.56 Å². The van der Waals surface area contributed by atoms with Crippen molar-refractivity contribution in [2.45, 2.75) is 11.8 Å². The normalized spacial score (nSPS) is 10.2. The quantitative estimate of drug-likeness (QED) is 0.501. The second kappa shape index (κ2) is 5.70. The molecule has 0 bridgehead atoms. The van der Waals surface area contributed by atoms with E-state index in [0.29, 0.717) is 11.7 Å². The number of aromatic nitrogens is 2. The molecule has 1 aromatic heterocycles. The lowest BCUT2D eigenvalue weighted by Gasteiger charge is -2.11. The van der Waals surface area contributed by atoms with Crippen LogP contribution in [-0.4, -0.2) is 16.2 Å². The third kappa shape index (κ3) is 2.55. The molecule has 94 valence electrons. The van der Waals surface area contributed by atoms with Gasteiger partial charge in [0.25, 0.3) is 0 Å². The summed E-state index contributed by atoms with van der Waals surface area (Å²) < 4.78 is 5.81. The summed E-state index contributed by atoms with van der Waals surface area (Å²) in [6, 6.07) is 7.80. The van der Waals surface area contributed by atoms with Gasteiger partial charge in [-0.05, 0) is 25.3 Å². The molecule has 1 aromatic carbocycles. The molecule has 0 amide bonds. The molecule has 0 saturated heterocycles. The van der Waals surface area contributed by atoms with Gasteiger partial charge in [0.1, 0.15) is 17.9 Å². The molecule has 0 aliphatic carbocycles. The summed E-state index contributed by atoms with van der Waals surface area (Å²) >= 11 is 1.62. The van der Waals surface area contributed by atoms with Gasteiger partial charge in [-0.1, -0.05) is 12.1 Å². The summed E-state index contributed by atoms with van der Waals surface area (Å²) in [5.41, 5.74) is 3.29. The van der Waals surface area contributed by atoms with Gasteiger partial charge in [-0.3, -0.25) is 0 Å². The number of benzene rings is 1. The van der Waals surface area contributed by atoms with E-state index < -0.39 is 0 Å². The number of hydrazine groups is 1. The lowest BCUT2D eigenvalue weighted by atomic mass is 10.3. The number of nitrogens with one attached hydrogen (secondary N) is 1. The van der Waals surface area contributed by atoms with Crippen molar-refractivity contribution in [1.82, 2.24) is 9.97 Å². The minimum Gasteiger partial charge on any atom is -0.437 e. The minimum absolute atomic E-state index is 0.499. The highest BCUT2D eigenvalue weighted by molar-refractivity contribution is 7.98. The van der Waals surface area contributed by atoms with Crippen LogP contribution in [0.3, 0.4) is 0 Å². The number of nitrogens with zero attached hydrogens (tertiary/aromatic N) is 2. The van der Waals surface area contributed by atoms with E-state index in [1.165, 1.54) is 6.33 Å². The molecule has 0 saturated carbocycles. The Kier molecular flexibility index (Phi) is 4.01. The van der Waals surface area contributed by atoms with Gasteiger partial charge in [0.15, 0.2) is 0 Å². The molecular weight excluding hydrogens is 248 g/mol. The first-order valence-corrected chi connectivity index (χ1v) is 6.58. The molecule has 0 fully saturated rings. The molecule has 18 heavy (non-hydrogen) atoms. The molecule has 6 heteroatoms. The minimum atomic E-state index is 0.499. The van der Waals surface area contributed by atoms with Crippen LogP contribution < -0.4 is 16.0 Å². The number of nitrogens with two attached hydrogens (primary N) is 1. The van der Waals surface area contributed by atoms with Crippen LogP contribution in [0.15, 0.2) is 35.5 Å². The maximum absolute atomic E-state index is 5.81. The van der Waals surface area contributed by atoms with Gasteiger partial charge in [-0.2, -0.15) is 0 Å². The second-order valence-corrected chi connectivity index (χ2v) is 4.40. The van der Waals surface area contributed by atoms with Gasteiger partial charge in [0, 0.05) is 4.90 Å². The molecule has 2 aromatic rings. The Balaban J connectivity index is 2.34. The Morgan fingerprint density at radius 1 is 1.28 bits per heavy atom. The van der Waals surface area contributed by atoms with E-state index in [4.69, 9.17) is 10.6 Å². The second-order valence-electron chi connectivity index (χ2n) is 3.55. The Morgan fingerprint density at radius 3 is 2.78 bits per heavy atom. The summed E-state index contributed by atoms with van der Waals surface area (Å²) in [6.45, 7) is 1.85. The van der Waals surface area contributed by atoms with E-state index in [1.54, 1.807) is 11.8 Å². The van der Waals surface area contributed by atoms with E-state index in [1.807, 2.05) is 37.4 Å². The molecule has 0 radical (unpaired) electrons. The zero-order chi connectivity index (χ0) is 13.0. The van der Waals surface area contributed by atoms with Crippen molar-refractivity contribution in [3.8, 4) is 11.6 Å². The third-order valence-electron chi connectivity index (χ3n) is 2.45. The zero-order valence-electron chi connectivity index (χ0n) is 10.2. The Hall–Kier alpha value is -1.79. The number of para-hydroxylation sites is 1. The van der Waals surface area contributed by atoms with Crippen LogP contribution in [0.5, 0.6) is 11.6 Å². The molecule has 0 unspecified atom stereocenters. The first kappa shape index (κ1) is 12.7. The summed E-state index contributed by atoms with van der Waals surface area (Å²) in [5.74, 6) is 7.20. The van der Waals surface area contributed by atoms with Crippen LogP contribution in [0, 0.1) is 6.92 Å². The highest BCUT2D eigenvalue weighted by Gasteiger charge is 2.10. The topological polar surface area (TPSA) is 73.1 Å². The zero-order valence-corrected chi connectivity index (χ0v) is 11.0. The maximum Gasteiger partial charge on any atom is 0.227 e. The van der Waals surface area contributed by atoms with Crippen LogP contribution in [0.2, 0.25) is 0 Å². The number of hydrogen-bond acceptors (Lipinski definition) is 6. The number of anilines is 1. The Morgan fingerprint density at radius 2 is 2.06 bits per heavy atom. The monoisotopic (exact) mass is 262 g/mol. The predicted octanol–water partition coefficient (Wildman–Crippen LogP) is 2.58. The number of nitrogen functional groups attached to an aromatic ring is 1. The van der Waals surface area contributed by atoms with E-state index in [9.17, 15) is 0 Å². The summed E-state index contributed by atoms with van der Waals surface area (Å²) in [6.07, 6.45) is 3.42. The molecule has 2 rings (SSSR count). The van der Waals surface area contributed by atoms with Crippen molar-refractivity contribution < 1.29 is 4.74 Å². The summed E-state index contributed by atoms with van der Waals surface area (Å²) in [4.78, 5) is 9.18. The van der Waals surface area contributed by atoms with Crippen molar-refractivity contribution in [2.75, 3.05) is 11.7 Å². The van der Waals surface area contributed by atoms with Gasteiger partial charge in [-0.15, -0.1) is 11.8 Å². The molecule has 5 nitrogen and oxygen atoms in total. The predicted molar refractivity (Wildman–Crippen MR) is 72.9 cm³/mol. The van der Waals surface area contributed by atoms with Crippen LogP contribution >= 0.6 is 11.8 Å². The SMILES string of the molecule is CSc1ccccc1Oc1ncnc(NN)c1C. The first-order chi connectivity index (χ1) is 8.76. The number of hydrogen-bond donors (Lipinski definition) is 2. The van der Waals surface area contributed by atoms with Crippen LogP contribution in [0.25, 0.3) is 0 Å². The van der Waals surface area contributed by atoms with E-state index >= 15 is 0 Å². The molecule has 0 aliphatic rings. The number of thioether (sulfide) groups is 1. The van der Waals surface area contributed by atoms with Crippen molar-refractivity contribution in [2.24, 2.45) is 5.84 Å². The lowest BCUT2D eigenvalue weighted by Crippen LogP contribution is -2.11. The molecule has 0 atom stereocenters. The fraction of sp³-hybridized carbons (Fsp3) is 0.167. The Bertz CT molecular complexity index is 547. The fourth-order valence-corrected chi connectivity index (χ4v) is 2.02. The molecule has 0 spiro atoms. The fourth-order valence-electron chi connectivity index (χ4n) is 1.49. The largest absolute Gasteiger partial charge is 0.437 e. The van der Waals surface area contributed by atoms with Crippen molar-refractivity contribution in [3.63, 3.8) is 0 Å². The Labute approximate surface area is 110 Å². The highest BCUT2D eigenvalue weighted by atomic mass is 32.2. The van der Waals surface area contributed by atoms with Crippen LogP contribution in [-0.2, 0) is 0 Å². The van der Waals surface area contributed by atoms with Crippen molar-refractivity contribution in [1.29, 1.82) is 0 Å². The first-order valence-electron chi connectivity index (χ1n) is 5.35. The average molecular weight is 262 g/mol. The maximum atomic E-state index is 5.81. The smallest absolute Gasteiger partial charge is 0.227 e. The van der Waals surface area contributed by atoms with Crippen molar-refractivity contribution >= 4 is 17.6 Å². The van der Waals surface area contributed by atoms with Gasteiger partial charge >= 0.3 is 0 Å². The average Bonchev–Trinajstić information content (AvgIpc) is 2.42. The molecule has 3 N–H and O–H groups in total. The van der Waals surface area contributed by atoms with Gasteiger partial charge in [-0.25, -0.2) is 15.8 Å². The van der Waals surface area contributed by atoms with E-state index in [2.05, 4.69) is 15.4 Å². The summed E-state index contributed by atoms with van der Waals surface area (Å²) in [5, 5.41) is 0. The molecule has 1 heterocycles. The van der Waals surface area contributed by atoms with Gasteiger partial charge < -0.3 is 10.2 Å². The number of rotatable bonds is 4. The molecule has 0 aliphatic heterocycles. The summed E-state index contributed by atoms with van der Waals surface area (Å²) in [7, 11) is 0. The molecular formula is C12H14N4OS. The van der Waals surface area contributed by atoms with Gasteiger partial charge in [0.2, 0.25) is 5.88 Å². The standard InChI is InChI=1S/C12H14N4OS/c1-8-11(16-13)14-7-15-12(8)17-9-5-3-4-6-10(9)18-2/h3-7H,13H2,1-2H3,(H,14,15,16). The lowest BCUT2D eigenvalue weighted by molar-refractivity contribution is 0.447. The van der Waals surface area contributed by atoms with Crippen LogP contribution in [0.1, 0.15) is 5.56 Å². The number of ether oxygens (including phenoxy) is 1. The highest BCUT2D eigenvalue weighted by Crippen LogP contribution is 2.32. The van der Waals surface area contributed by atoms with E-state index in [0.717, 1.165) is 16.2 Å². The van der Waals surface area contributed by atoms with Crippen LogP contribution in [0.4, 0.5) is 5.82 Å². The van der Waals surface area contributed by atoms with E-state index in [-0.39, 0.29) is 0 Å².